The van der Waals surface area contributed by atoms with Crippen LogP contribution in [0.15, 0.2) is 36.1 Å². The van der Waals surface area contributed by atoms with E-state index in [1.807, 2.05) is 7.05 Å². The Balaban J connectivity index is 2.04. The Hall–Kier alpha value is -1.28. The van der Waals surface area contributed by atoms with E-state index in [0.717, 1.165) is 31.6 Å². The van der Waals surface area contributed by atoms with Crippen LogP contribution < -0.4 is 5.32 Å². The Kier molecular flexibility index (Phi) is 4.21. The van der Waals surface area contributed by atoms with Crippen molar-refractivity contribution in [2.75, 3.05) is 13.7 Å². The lowest BCUT2D eigenvalue weighted by Gasteiger charge is -2.23. The van der Waals surface area contributed by atoms with E-state index in [-0.39, 0.29) is 0 Å². The molecule has 92 valence electrons. The second-order valence-corrected chi connectivity index (χ2v) is 4.63. The summed E-state index contributed by atoms with van der Waals surface area (Å²) in [6.07, 6.45) is 5.49. The molecule has 1 unspecified atom stereocenters. The zero-order valence-electron chi connectivity index (χ0n) is 10.7. The van der Waals surface area contributed by atoms with Gasteiger partial charge in [-0.15, -0.1) is 0 Å². The van der Waals surface area contributed by atoms with Gasteiger partial charge in [0.25, 0.3) is 0 Å². The molecule has 1 aromatic carbocycles. The third-order valence-corrected chi connectivity index (χ3v) is 3.22. The topological polar surface area (TPSA) is 21.3 Å². The van der Waals surface area contributed by atoms with E-state index in [1.54, 1.807) is 0 Å². The summed E-state index contributed by atoms with van der Waals surface area (Å²) >= 11 is 0. The largest absolute Gasteiger partial charge is 0.497 e. The Morgan fingerprint density at radius 1 is 1.29 bits per heavy atom. The molecule has 0 radical (unpaired) electrons. The molecule has 0 saturated heterocycles. The number of likely N-dealkylation sites (N-methyl/N-ethyl adjacent to an activating group) is 1. The van der Waals surface area contributed by atoms with Crippen LogP contribution in [0.4, 0.5) is 0 Å². The molecule has 2 heteroatoms. The second-order valence-electron chi connectivity index (χ2n) is 4.63. The summed E-state index contributed by atoms with van der Waals surface area (Å²) in [6, 6.07) is 9.03. The molecule has 17 heavy (non-hydrogen) atoms. The Morgan fingerprint density at radius 3 is 2.65 bits per heavy atom. The van der Waals surface area contributed by atoms with Gasteiger partial charge in [0.1, 0.15) is 5.76 Å². The van der Waals surface area contributed by atoms with Gasteiger partial charge in [-0.25, -0.2) is 0 Å². The maximum absolute atomic E-state index is 5.73. The Bertz CT molecular complexity index is 380. The average Bonchev–Trinajstić information content (AvgIpc) is 2.39. The summed E-state index contributed by atoms with van der Waals surface area (Å²) in [5, 5.41) is 3.34. The van der Waals surface area contributed by atoms with Crippen molar-refractivity contribution in [3.8, 4) is 0 Å². The van der Waals surface area contributed by atoms with Gasteiger partial charge < -0.3 is 10.1 Å². The lowest BCUT2D eigenvalue weighted by molar-refractivity contribution is 0.169. The maximum Gasteiger partial charge on any atom is 0.109 e. The first kappa shape index (κ1) is 12.2. The van der Waals surface area contributed by atoms with Crippen LogP contribution in [0.25, 0.3) is 0 Å². The molecular weight excluding hydrogens is 210 g/mol. The molecule has 2 nitrogen and oxygen atoms in total. The summed E-state index contributed by atoms with van der Waals surface area (Å²) in [5.41, 5.74) is 2.66. The first-order chi connectivity index (χ1) is 8.29. The third kappa shape index (κ3) is 3.34. The lowest BCUT2D eigenvalue weighted by atomic mass is 10.0. The predicted octanol–water partition coefficient (Wildman–Crippen LogP) is 2.82. The number of hydrogen-bond donors (Lipinski definition) is 1. The van der Waals surface area contributed by atoms with Gasteiger partial charge in [0.2, 0.25) is 0 Å². The summed E-state index contributed by atoms with van der Waals surface area (Å²) in [4.78, 5) is 0. The van der Waals surface area contributed by atoms with Gasteiger partial charge in [0.05, 0.1) is 12.6 Å². The number of allylic oxidation sites excluding steroid dienone is 1. The van der Waals surface area contributed by atoms with E-state index in [1.165, 1.54) is 11.1 Å². The van der Waals surface area contributed by atoms with Crippen molar-refractivity contribution in [3.05, 3.63) is 47.2 Å². The first-order valence-corrected chi connectivity index (χ1v) is 6.35. The summed E-state index contributed by atoms with van der Waals surface area (Å²) < 4.78 is 5.73. The van der Waals surface area contributed by atoms with Crippen LogP contribution in [-0.4, -0.2) is 19.7 Å². The van der Waals surface area contributed by atoms with E-state index in [4.69, 9.17) is 4.74 Å². The minimum absolute atomic E-state index is 0.304. The van der Waals surface area contributed by atoms with Gasteiger partial charge in [-0.05, 0) is 44.9 Å². The van der Waals surface area contributed by atoms with Crippen LogP contribution in [0.1, 0.15) is 24.0 Å². The van der Waals surface area contributed by atoms with Crippen molar-refractivity contribution in [1.29, 1.82) is 0 Å². The fourth-order valence-electron chi connectivity index (χ4n) is 2.12. The van der Waals surface area contributed by atoms with Gasteiger partial charge in [0, 0.05) is 0 Å². The summed E-state index contributed by atoms with van der Waals surface area (Å²) in [6.45, 7) is 2.98. The van der Waals surface area contributed by atoms with E-state index in [0.29, 0.717) is 6.04 Å². The minimum atomic E-state index is 0.304. The molecular formula is C15H21NO. The lowest BCUT2D eigenvalue weighted by Crippen LogP contribution is -2.32. The van der Waals surface area contributed by atoms with Crippen LogP contribution in [0.5, 0.6) is 0 Å². The second kappa shape index (κ2) is 5.87. The van der Waals surface area contributed by atoms with Crippen molar-refractivity contribution >= 4 is 0 Å². The van der Waals surface area contributed by atoms with Crippen molar-refractivity contribution in [2.45, 2.75) is 32.2 Å². The zero-order valence-corrected chi connectivity index (χ0v) is 10.7. The van der Waals surface area contributed by atoms with Crippen LogP contribution in [0, 0.1) is 6.92 Å². The van der Waals surface area contributed by atoms with Crippen molar-refractivity contribution in [3.63, 3.8) is 0 Å². The van der Waals surface area contributed by atoms with E-state index >= 15 is 0 Å². The number of aryl methyl sites for hydroxylation is 1. The molecule has 2 rings (SSSR count). The molecule has 1 aliphatic heterocycles. The predicted molar refractivity (Wildman–Crippen MR) is 71.0 cm³/mol. The SMILES string of the molecule is CNC(Cc1ccc(C)cc1)C1=CCCCO1. The average molecular weight is 231 g/mol. The van der Waals surface area contributed by atoms with Gasteiger partial charge >= 0.3 is 0 Å². The first-order valence-electron chi connectivity index (χ1n) is 6.35. The molecule has 0 saturated carbocycles. The highest BCUT2D eigenvalue weighted by atomic mass is 16.5. The van der Waals surface area contributed by atoms with Gasteiger partial charge in [-0.2, -0.15) is 0 Å². The number of benzene rings is 1. The molecule has 1 aromatic rings. The van der Waals surface area contributed by atoms with Crippen LogP contribution in [-0.2, 0) is 11.2 Å². The number of hydrogen-bond acceptors (Lipinski definition) is 2. The molecule has 0 spiro atoms. The molecule has 0 fully saturated rings. The Labute approximate surface area is 104 Å². The molecule has 0 bridgehead atoms. The highest BCUT2D eigenvalue weighted by Gasteiger charge is 2.16. The molecule has 1 heterocycles. The quantitative estimate of drug-likeness (QED) is 0.860. The van der Waals surface area contributed by atoms with Crippen LogP contribution >= 0.6 is 0 Å². The van der Waals surface area contributed by atoms with E-state index < -0.39 is 0 Å². The normalized spacial score (nSPS) is 17.2. The fourth-order valence-corrected chi connectivity index (χ4v) is 2.12. The van der Waals surface area contributed by atoms with Crippen molar-refractivity contribution in [2.24, 2.45) is 0 Å². The number of nitrogens with one attached hydrogen (secondary N) is 1. The summed E-state index contributed by atoms with van der Waals surface area (Å²) in [5.74, 6) is 1.11. The van der Waals surface area contributed by atoms with Crippen molar-refractivity contribution in [1.82, 2.24) is 5.32 Å². The fraction of sp³-hybridized carbons (Fsp3) is 0.467. The standard InChI is InChI=1S/C15H21NO/c1-12-6-8-13(9-7-12)11-14(16-2)15-5-3-4-10-17-15/h5-9,14,16H,3-4,10-11H2,1-2H3. The van der Waals surface area contributed by atoms with Crippen LogP contribution in [0.2, 0.25) is 0 Å². The number of ether oxygens (including phenoxy) is 1. The Morgan fingerprint density at radius 2 is 2.06 bits per heavy atom. The van der Waals surface area contributed by atoms with Gasteiger partial charge in [0.15, 0.2) is 0 Å². The monoisotopic (exact) mass is 231 g/mol. The minimum Gasteiger partial charge on any atom is -0.497 e. The summed E-state index contributed by atoms with van der Waals surface area (Å²) in [7, 11) is 2.00. The highest BCUT2D eigenvalue weighted by molar-refractivity contribution is 5.23. The van der Waals surface area contributed by atoms with E-state index in [2.05, 4.69) is 42.6 Å². The molecule has 1 N–H and O–H groups in total. The molecule has 0 aliphatic carbocycles. The van der Waals surface area contributed by atoms with Gasteiger partial charge in [-0.1, -0.05) is 29.8 Å². The smallest absolute Gasteiger partial charge is 0.109 e. The maximum atomic E-state index is 5.73. The van der Waals surface area contributed by atoms with Crippen molar-refractivity contribution < 1.29 is 4.74 Å². The van der Waals surface area contributed by atoms with Crippen LogP contribution in [0.3, 0.4) is 0 Å². The molecule has 0 aromatic heterocycles. The number of rotatable bonds is 4. The highest BCUT2D eigenvalue weighted by Crippen LogP contribution is 2.17. The molecule has 0 amide bonds. The zero-order chi connectivity index (χ0) is 12.1. The third-order valence-electron chi connectivity index (χ3n) is 3.22. The van der Waals surface area contributed by atoms with E-state index in [9.17, 15) is 0 Å². The van der Waals surface area contributed by atoms with Gasteiger partial charge in [-0.3, -0.25) is 0 Å². The molecule has 1 aliphatic rings. The molecule has 1 atom stereocenters.